The van der Waals surface area contributed by atoms with Gasteiger partial charge in [0, 0.05) is 24.7 Å². The Kier molecular flexibility index (Phi) is 2.56. The number of nitrogens with one attached hydrogen (secondary N) is 1. The van der Waals surface area contributed by atoms with Crippen molar-refractivity contribution in [1.29, 1.82) is 0 Å². The van der Waals surface area contributed by atoms with Gasteiger partial charge in [-0.3, -0.25) is 4.79 Å². The first-order chi connectivity index (χ1) is 10.2. The molecule has 3 heterocycles. The third-order valence-electron chi connectivity index (χ3n) is 4.49. The van der Waals surface area contributed by atoms with E-state index in [1.54, 1.807) is 0 Å². The van der Waals surface area contributed by atoms with Crippen molar-refractivity contribution in [3.05, 3.63) is 41.5 Å². The molecule has 3 aliphatic heterocycles. The molecule has 1 aromatic rings. The largest absolute Gasteiger partial charge is 0.383 e. The van der Waals surface area contributed by atoms with Crippen LogP contribution in [0.3, 0.4) is 0 Å². The van der Waals surface area contributed by atoms with Crippen LogP contribution < -0.4 is 21.7 Å². The summed E-state index contributed by atoms with van der Waals surface area (Å²) in [7, 11) is 0. The van der Waals surface area contributed by atoms with Gasteiger partial charge in [-0.05, 0) is 11.6 Å². The maximum Gasteiger partial charge on any atom is 0.252 e. The topological polar surface area (TPSA) is 96.7 Å². The number of primary amides is 1. The fourth-order valence-electron chi connectivity index (χ4n) is 3.37. The number of nitrogens with two attached hydrogens (primary N) is 2. The Balaban J connectivity index is 1.83. The molecule has 6 nitrogen and oxygen atoms in total. The van der Waals surface area contributed by atoms with Gasteiger partial charge in [0.25, 0.3) is 5.91 Å². The molecule has 6 heteroatoms. The molecule has 2 atom stereocenters. The number of amides is 1. The minimum absolute atomic E-state index is 0.0385. The standard InChI is InChI=1S/C15H17N5O/c16-13-11(14(17)21)5-10-9-3-1-2-4-12(9)20(15(10)19-13)8-6-18-7-8/h1-5,8,10,15,18H,6-7H2,(H2,16,19)(H2,17,21). The minimum atomic E-state index is -0.518. The summed E-state index contributed by atoms with van der Waals surface area (Å²) in [4.78, 5) is 18.4. The number of hydrogen-bond acceptors (Lipinski definition) is 5. The number of aliphatic imine (C=N–C) groups is 1. The molecular formula is C15H17N5O. The van der Waals surface area contributed by atoms with Gasteiger partial charge in [-0.15, -0.1) is 0 Å². The van der Waals surface area contributed by atoms with Crippen molar-refractivity contribution in [2.45, 2.75) is 18.1 Å². The highest BCUT2D eigenvalue weighted by atomic mass is 16.1. The van der Waals surface area contributed by atoms with E-state index >= 15 is 0 Å². The van der Waals surface area contributed by atoms with Crippen molar-refractivity contribution in [3.63, 3.8) is 0 Å². The van der Waals surface area contributed by atoms with Crippen molar-refractivity contribution < 1.29 is 4.79 Å². The van der Waals surface area contributed by atoms with E-state index in [2.05, 4.69) is 27.3 Å². The van der Waals surface area contributed by atoms with Crippen molar-refractivity contribution in [1.82, 2.24) is 5.32 Å². The third-order valence-corrected chi connectivity index (χ3v) is 4.49. The average molecular weight is 283 g/mol. The van der Waals surface area contributed by atoms with Crippen LogP contribution >= 0.6 is 0 Å². The first-order valence-electron chi connectivity index (χ1n) is 7.10. The molecule has 2 unspecified atom stereocenters. The van der Waals surface area contributed by atoms with E-state index in [0.29, 0.717) is 11.6 Å². The van der Waals surface area contributed by atoms with E-state index in [1.165, 1.54) is 11.3 Å². The Hall–Kier alpha value is -2.34. The second kappa shape index (κ2) is 4.33. The number of benzene rings is 1. The van der Waals surface area contributed by atoms with Gasteiger partial charge in [0.05, 0.1) is 11.6 Å². The SMILES string of the molecule is NC(=O)C1=CC2c3ccccc3N(C3CNC3)C2N=C1N. The Bertz CT molecular complexity index is 676. The minimum Gasteiger partial charge on any atom is -0.383 e. The highest BCUT2D eigenvalue weighted by molar-refractivity contribution is 6.20. The van der Waals surface area contributed by atoms with Crippen LogP contribution in [0.2, 0.25) is 0 Å². The lowest BCUT2D eigenvalue weighted by atomic mass is 9.93. The lowest BCUT2D eigenvalue weighted by molar-refractivity contribution is -0.114. The van der Waals surface area contributed by atoms with Crippen LogP contribution in [0.15, 0.2) is 40.9 Å². The maximum atomic E-state index is 11.5. The summed E-state index contributed by atoms with van der Waals surface area (Å²) in [5.74, 6) is -0.235. The number of dihydropyridines is 1. The van der Waals surface area contributed by atoms with Crippen LogP contribution in [-0.2, 0) is 4.79 Å². The van der Waals surface area contributed by atoms with Gasteiger partial charge < -0.3 is 21.7 Å². The molecule has 1 aromatic carbocycles. The molecular weight excluding hydrogens is 266 g/mol. The fourth-order valence-corrected chi connectivity index (χ4v) is 3.37. The number of carbonyl (C=O) groups is 1. The van der Waals surface area contributed by atoms with Crippen molar-refractivity contribution in [3.8, 4) is 0 Å². The number of anilines is 1. The monoisotopic (exact) mass is 283 g/mol. The first-order valence-corrected chi connectivity index (χ1v) is 7.10. The Labute approximate surface area is 122 Å². The number of amidine groups is 1. The number of hydrogen-bond donors (Lipinski definition) is 3. The van der Waals surface area contributed by atoms with Crippen LogP contribution in [0.4, 0.5) is 5.69 Å². The van der Waals surface area contributed by atoms with Crippen LogP contribution in [0.25, 0.3) is 0 Å². The van der Waals surface area contributed by atoms with Crippen LogP contribution in [0.1, 0.15) is 11.5 Å². The lowest BCUT2D eigenvalue weighted by Gasteiger charge is -2.41. The van der Waals surface area contributed by atoms with Gasteiger partial charge in [-0.1, -0.05) is 24.3 Å². The highest BCUT2D eigenvalue weighted by Gasteiger charge is 2.44. The lowest BCUT2D eigenvalue weighted by Crippen LogP contribution is -2.59. The van der Waals surface area contributed by atoms with Gasteiger partial charge in [-0.25, -0.2) is 4.99 Å². The number of nitrogens with zero attached hydrogens (tertiary/aromatic N) is 2. The van der Waals surface area contributed by atoms with E-state index in [-0.39, 0.29) is 17.9 Å². The van der Waals surface area contributed by atoms with Crippen LogP contribution in [0, 0.1) is 0 Å². The molecule has 0 radical (unpaired) electrons. The van der Waals surface area contributed by atoms with Gasteiger partial charge >= 0.3 is 0 Å². The second-order valence-corrected chi connectivity index (χ2v) is 5.68. The summed E-state index contributed by atoms with van der Waals surface area (Å²) >= 11 is 0. The van der Waals surface area contributed by atoms with E-state index in [1.807, 2.05) is 18.2 Å². The summed E-state index contributed by atoms with van der Waals surface area (Å²) in [5, 5.41) is 3.29. The first kappa shape index (κ1) is 12.4. The summed E-state index contributed by atoms with van der Waals surface area (Å²) in [6, 6.07) is 8.65. The zero-order valence-electron chi connectivity index (χ0n) is 11.5. The van der Waals surface area contributed by atoms with Gasteiger partial charge in [0.15, 0.2) is 0 Å². The van der Waals surface area contributed by atoms with Crippen molar-refractivity contribution >= 4 is 17.4 Å². The van der Waals surface area contributed by atoms with E-state index in [4.69, 9.17) is 11.5 Å². The molecule has 1 amide bonds. The Morgan fingerprint density at radius 2 is 2.10 bits per heavy atom. The van der Waals surface area contributed by atoms with Crippen LogP contribution in [-0.4, -0.2) is 37.0 Å². The molecule has 5 N–H and O–H groups in total. The van der Waals surface area contributed by atoms with Gasteiger partial charge in [0.2, 0.25) is 0 Å². The molecule has 1 fully saturated rings. The maximum absolute atomic E-state index is 11.5. The highest BCUT2D eigenvalue weighted by Crippen LogP contribution is 2.45. The summed E-state index contributed by atoms with van der Waals surface area (Å²) in [6.45, 7) is 1.89. The number of para-hydroxylation sites is 1. The second-order valence-electron chi connectivity index (χ2n) is 5.68. The molecule has 21 heavy (non-hydrogen) atoms. The molecule has 0 aromatic heterocycles. The molecule has 1 saturated heterocycles. The van der Waals surface area contributed by atoms with Gasteiger partial charge in [0.1, 0.15) is 12.0 Å². The Morgan fingerprint density at radius 1 is 1.33 bits per heavy atom. The zero-order valence-corrected chi connectivity index (χ0v) is 11.5. The summed E-state index contributed by atoms with van der Waals surface area (Å²) < 4.78 is 0. The summed E-state index contributed by atoms with van der Waals surface area (Å²) in [6.07, 6.45) is 1.80. The van der Waals surface area contributed by atoms with Crippen LogP contribution in [0.5, 0.6) is 0 Å². The normalized spacial score (nSPS) is 27.3. The third kappa shape index (κ3) is 1.69. The van der Waals surface area contributed by atoms with Crippen molar-refractivity contribution in [2.24, 2.45) is 16.5 Å². The zero-order chi connectivity index (χ0) is 14.6. The molecule has 3 aliphatic rings. The number of rotatable bonds is 2. The quantitative estimate of drug-likeness (QED) is 0.692. The smallest absolute Gasteiger partial charge is 0.252 e. The van der Waals surface area contributed by atoms with E-state index in [0.717, 1.165) is 13.1 Å². The van der Waals surface area contributed by atoms with Crippen molar-refractivity contribution in [2.75, 3.05) is 18.0 Å². The molecule has 0 spiro atoms. The number of carbonyl (C=O) groups excluding carboxylic acids is 1. The molecule has 108 valence electrons. The number of fused-ring (bicyclic) bond motifs is 3. The fraction of sp³-hybridized carbons (Fsp3) is 0.333. The summed E-state index contributed by atoms with van der Waals surface area (Å²) in [5.41, 5.74) is 14.0. The predicted octanol–water partition coefficient (Wildman–Crippen LogP) is -0.329. The molecule has 0 bridgehead atoms. The molecule has 4 rings (SSSR count). The van der Waals surface area contributed by atoms with E-state index < -0.39 is 5.91 Å². The average Bonchev–Trinajstić information content (AvgIpc) is 2.71. The molecule has 0 aliphatic carbocycles. The predicted molar refractivity (Wildman–Crippen MR) is 81.0 cm³/mol. The van der Waals surface area contributed by atoms with Gasteiger partial charge in [-0.2, -0.15) is 0 Å². The Morgan fingerprint density at radius 3 is 2.76 bits per heavy atom. The molecule has 0 saturated carbocycles. The van der Waals surface area contributed by atoms with E-state index in [9.17, 15) is 4.79 Å².